The van der Waals surface area contributed by atoms with Crippen molar-refractivity contribution in [3.63, 3.8) is 0 Å². The Morgan fingerprint density at radius 3 is 3.00 bits per heavy atom. The molecule has 0 aliphatic heterocycles. The van der Waals surface area contributed by atoms with Gasteiger partial charge in [-0.3, -0.25) is 4.98 Å². The summed E-state index contributed by atoms with van der Waals surface area (Å²) < 4.78 is 23.9. The lowest BCUT2D eigenvalue weighted by molar-refractivity contribution is 0.429. The molecule has 0 saturated carbocycles. The molecule has 0 aliphatic rings. The zero-order valence-corrected chi connectivity index (χ0v) is 7.17. The van der Waals surface area contributed by atoms with Crippen LogP contribution < -0.4 is 0 Å². The first-order valence-electron chi connectivity index (χ1n) is 4.04. The maximum atomic E-state index is 12.0. The molecular weight excluding hydrogens is 184 g/mol. The van der Waals surface area contributed by atoms with Crippen molar-refractivity contribution in [3.05, 3.63) is 48.2 Å². The van der Waals surface area contributed by atoms with Gasteiger partial charge < -0.3 is 0 Å². The zero-order valence-electron chi connectivity index (χ0n) is 7.17. The molecule has 14 heavy (non-hydrogen) atoms. The topological polar surface area (TPSA) is 12.9 Å². The average molecular weight is 190 g/mol. The number of fused-ring (bicyclic) bond motifs is 1. The Morgan fingerprint density at radius 1 is 1.36 bits per heavy atom. The summed E-state index contributed by atoms with van der Waals surface area (Å²) in [6.45, 7) is 0. The fourth-order valence-corrected chi connectivity index (χ4v) is 1.24. The smallest absolute Gasteiger partial charge is 0.256 e. The van der Waals surface area contributed by atoms with Crippen LogP contribution in [0.5, 0.6) is 0 Å². The molecule has 0 amide bonds. The summed E-state index contributed by atoms with van der Waals surface area (Å²) in [5.74, 6) is 0. The number of rotatable bonds is 1. The fourth-order valence-electron chi connectivity index (χ4n) is 1.24. The van der Waals surface area contributed by atoms with E-state index in [2.05, 4.69) is 11.1 Å². The van der Waals surface area contributed by atoms with Crippen molar-refractivity contribution in [3.8, 4) is 0 Å². The summed E-state index contributed by atoms with van der Waals surface area (Å²) in [6.07, 6.45) is 0.631. The van der Waals surface area contributed by atoms with Crippen LogP contribution in [-0.2, 0) is 0 Å². The van der Waals surface area contributed by atoms with Gasteiger partial charge in [0.15, 0.2) is 0 Å². The van der Waals surface area contributed by atoms with Gasteiger partial charge >= 0.3 is 0 Å². The Balaban J connectivity index is 2.57. The highest BCUT2D eigenvalue weighted by Gasteiger charge is 1.96. The molecule has 0 unspecified atom stereocenters. The Kier molecular flexibility index (Phi) is 2.23. The Bertz CT molecular complexity index is 487. The second kappa shape index (κ2) is 3.54. The van der Waals surface area contributed by atoms with Gasteiger partial charge in [0.1, 0.15) is 0 Å². The molecule has 0 spiro atoms. The summed E-state index contributed by atoms with van der Waals surface area (Å²) >= 11 is 0. The van der Waals surface area contributed by atoms with Gasteiger partial charge in [-0.25, -0.2) is 0 Å². The van der Waals surface area contributed by atoms with Gasteiger partial charge in [0.2, 0.25) is 0 Å². The molecule has 0 N–H and O–H groups in total. The predicted octanol–water partition coefficient (Wildman–Crippen LogP) is 3.27. The van der Waals surface area contributed by atoms with E-state index in [1.165, 1.54) is 6.20 Å². The lowest BCUT2D eigenvalue weighted by Gasteiger charge is -1.97. The van der Waals surface area contributed by atoms with Crippen LogP contribution in [0, 0.1) is 6.07 Å². The number of hydrogen-bond acceptors (Lipinski definition) is 1. The van der Waals surface area contributed by atoms with E-state index in [0.717, 1.165) is 11.5 Å². The van der Waals surface area contributed by atoms with Crippen LogP contribution in [-0.4, -0.2) is 4.98 Å². The Morgan fingerprint density at radius 2 is 2.21 bits per heavy atom. The quantitative estimate of drug-likeness (QED) is 0.672. The molecule has 1 aromatic carbocycles. The predicted molar refractivity (Wildman–Crippen MR) is 50.8 cm³/mol. The van der Waals surface area contributed by atoms with Crippen molar-refractivity contribution in [2.75, 3.05) is 0 Å². The molecule has 0 bridgehead atoms. The maximum absolute atomic E-state index is 12.0. The zero-order chi connectivity index (χ0) is 9.97. The first-order chi connectivity index (χ1) is 6.75. The molecule has 0 aliphatic carbocycles. The average Bonchev–Trinajstić information content (AvgIpc) is 2.17. The molecule has 3 heteroatoms. The second-order valence-electron chi connectivity index (χ2n) is 2.82. The summed E-state index contributed by atoms with van der Waals surface area (Å²) in [4.78, 5) is 4.02. The van der Waals surface area contributed by atoms with Crippen LogP contribution in [0.1, 0.15) is 5.56 Å². The van der Waals surface area contributed by atoms with Gasteiger partial charge in [-0.2, -0.15) is 8.78 Å². The van der Waals surface area contributed by atoms with Gasteiger partial charge in [-0.15, -0.1) is 0 Å². The first kappa shape index (κ1) is 8.81. The highest BCUT2D eigenvalue weighted by molar-refractivity contribution is 5.80. The van der Waals surface area contributed by atoms with Crippen LogP contribution in [0.25, 0.3) is 17.0 Å². The first-order valence-corrected chi connectivity index (χ1v) is 4.04. The van der Waals surface area contributed by atoms with Crippen LogP contribution in [0.4, 0.5) is 8.78 Å². The molecule has 0 saturated heterocycles. The minimum Gasteiger partial charge on any atom is -0.256 e. The van der Waals surface area contributed by atoms with Crippen molar-refractivity contribution < 1.29 is 8.78 Å². The summed E-state index contributed by atoms with van der Waals surface area (Å²) in [5, 5.41) is 0.893. The van der Waals surface area contributed by atoms with E-state index >= 15 is 0 Å². The van der Waals surface area contributed by atoms with Crippen LogP contribution in [0.2, 0.25) is 0 Å². The maximum Gasteiger partial charge on any atom is 0.270 e. The highest BCUT2D eigenvalue weighted by atomic mass is 19.3. The van der Waals surface area contributed by atoms with E-state index in [-0.39, 0.29) is 0 Å². The number of aromatic nitrogens is 1. The van der Waals surface area contributed by atoms with E-state index in [4.69, 9.17) is 0 Å². The minimum absolute atomic E-state index is 0.455. The molecule has 1 radical (unpaired) electrons. The van der Waals surface area contributed by atoms with Gasteiger partial charge in [-0.1, -0.05) is 12.1 Å². The van der Waals surface area contributed by atoms with E-state index in [0.29, 0.717) is 11.1 Å². The summed E-state index contributed by atoms with van der Waals surface area (Å²) in [7, 11) is 0. The van der Waals surface area contributed by atoms with Crippen LogP contribution in [0.15, 0.2) is 36.5 Å². The lowest BCUT2D eigenvalue weighted by atomic mass is 10.1. The summed E-state index contributed by atoms with van der Waals surface area (Å²) in [6, 6.07) is 9.57. The van der Waals surface area contributed by atoms with E-state index in [1.807, 2.05) is 0 Å². The SMILES string of the molecule is FC(F)=Cc1ccc2c[c]cnc2c1. The van der Waals surface area contributed by atoms with Crippen molar-refractivity contribution in [1.29, 1.82) is 0 Å². The molecule has 1 nitrogen and oxygen atoms in total. The van der Waals surface area contributed by atoms with Gasteiger partial charge in [0.25, 0.3) is 6.08 Å². The second-order valence-corrected chi connectivity index (χ2v) is 2.82. The molecule has 1 aromatic heterocycles. The minimum atomic E-state index is -1.70. The van der Waals surface area contributed by atoms with E-state index < -0.39 is 6.08 Å². The molecule has 0 fully saturated rings. The van der Waals surface area contributed by atoms with Crippen molar-refractivity contribution in [2.24, 2.45) is 0 Å². The fraction of sp³-hybridized carbons (Fsp3) is 0. The van der Waals surface area contributed by atoms with E-state index in [1.54, 1.807) is 24.3 Å². The largest absolute Gasteiger partial charge is 0.270 e. The van der Waals surface area contributed by atoms with Crippen molar-refractivity contribution in [2.45, 2.75) is 0 Å². The Hall–Kier alpha value is -1.77. The number of nitrogens with zero attached hydrogens (tertiary/aromatic N) is 1. The number of pyridine rings is 1. The number of halogens is 2. The van der Waals surface area contributed by atoms with E-state index in [9.17, 15) is 8.78 Å². The third-order valence-corrected chi connectivity index (χ3v) is 1.85. The number of hydrogen-bond donors (Lipinski definition) is 0. The molecule has 0 atom stereocenters. The van der Waals surface area contributed by atoms with Crippen molar-refractivity contribution in [1.82, 2.24) is 4.98 Å². The van der Waals surface area contributed by atoms with Crippen LogP contribution >= 0.6 is 0 Å². The monoisotopic (exact) mass is 190 g/mol. The molecule has 2 aromatic rings. The third-order valence-electron chi connectivity index (χ3n) is 1.85. The summed E-state index contributed by atoms with van der Waals surface area (Å²) in [5.41, 5.74) is 1.15. The molecule has 2 rings (SSSR count). The number of benzene rings is 1. The Labute approximate surface area is 79.7 Å². The normalized spacial score (nSPS) is 10.1. The highest BCUT2D eigenvalue weighted by Crippen LogP contribution is 2.15. The lowest BCUT2D eigenvalue weighted by Crippen LogP contribution is -1.79. The van der Waals surface area contributed by atoms with Crippen molar-refractivity contribution >= 4 is 17.0 Å². The molecule has 69 valence electrons. The molecule has 1 heterocycles. The van der Waals surface area contributed by atoms with Gasteiger partial charge in [0.05, 0.1) is 5.52 Å². The van der Waals surface area contributed by atoms with Gasteiger partial charge in [0, 0.05) is 23.7 Å². The van der Waals surface area contributed by atoms with Gasteiger partial charge in [-0.05, 0) is 17.7 Å². The standard InChI is InChI=1S/C11H6F2N/c12-11(13)7-8-3-4-9-2-1-5-14-10(9)6-8/h2-7H. The van der Waals surface area contributed by atoms with Crippen LogP contribution in [0.3, 0.4) is 0 Å². The third kappa shape index (κ3) is 1.76. The molecular formula is C11H6F2N.